The fourth-order valence-corrected chi connectivity index (χ4v) is 3.29. The highest BCUT2D eigenvalue weighted by atomic mass is 35.5. The zero-order valence-electron chi connectivity index (χ0n) is 14.4. The Morgan fingerprint density at radius 1 is 1.35 bits per heavy atom. The predicted octanol–water partition coefficient (Wildman–Crippen LogP) is 4.51. The number of hydrogen-bond acceptors (Lipinski definition) is 6. The van der Waals surface area contributed by atoms with E-state index < -0.39 is 0 Å². The van der Waals surface area contributed by atoms with Gasteiger partial charge in [-0.05, 0) is 43.5 Å². The summed E-state index contributed by atoms with van der Waals surface area (Å²) in [6.45, 7) is 5.02. The molecule has 0 N–H and O–H groups in total. The third-order valence-electron chi connectivity index (χ3n) is 3.68. The van der Waals surface area contributed by atoms with Gasteiger partial charge in [-0.3, -0.25) is 4.79 Å². The van der Waals surface area contributed by atoms with Crippen LogP contribution in [0.1, 0.15) is 30.1 Å². The van der Waals surface area contributed by atoms with Gasteiger partial charge in [0, 0.05) is 12.1 Å². The maximum atomic E-state index is 12.8. The molecule has 0 radical (unpaired) electrons. The molecule has 3 aromatic rings. The van der Waals surface area contributed by atoms with Crippen LogP contribution in [0.2, 0.25) is 5.02 Å². The van der Waals surface area contributed by atoms with Crippen molar-refractivity contribution in [3.05, 3.63) is 52.2 Å². The molecule has 0 aliphatic rings. The highest BCUT2D eigenvalue weighted by molar-refractivity contribution is 7.13. The van der Waals surface area contributed by atoms with Crippen LogP contribution in [0, 0.1) is 0 Å². The van der Waals surface area contributed by atoms with Gasteiger partial charge in [0.15, 0.2) is 0 Å². The normalized spacial score (nSPS) is 10.7. The lowest BCUT2D eigenvalue weighted by Gasteiger charge is -2.19. The monoisotopic (exact) mass is 391 g/mol. The van der Waals surface area contributed by atoms with Gasteiger partial charge in [0.25, 0.3) is 5.91 Å². The number of rotatable bonds is 7. The Labute approximate surface area is 160 Å². The van der Waals surface area contributed by atoms with E-state index in [4.69, 9.17) is 20.9 Å². The summed E-state index contributed by atoms with van der Waals surface area (Å²) >= 11 is 7.72. The summed E-state index contributed by atoms with van der Waals surface area (Å²) in [7, 11) is 0. The highest BCUT2D eigenvalue weighted by Crippen LogP contribution is 2.26. The van der Waals surface area contributed by atoms with Crippen LogP contribution in [0.3, 0.4) is 0 Å². The molecule has 0 saturated heterocycles. The first-order valence-electron chi connectivity index (χ1n) is 8.20. The van der Waals surface area contributed by atoms with E-state index in [1.807, 2.05) is 31.4 Å². The molecule has 0 aliphatic carbocycles. The van der Waals surface area contributed by atoms with Crippen LogP contribution in [0.15, 0.2) is 40.2 Å². The number of hydrogen-bond donors (Lipinski definition) is 0. The average molecular weight is 392 g/mol. The van der Waals surface area contributed by atoms with Gasteiger partial charge < -0.3 is 14.2 Å². The molecule has 0 bridgehead atoms. The zero-order valence-corrected chi connectivity index (χ0v) is 16.0. The standard InChI is InChI=1S/C18H18ClN3O3S/c1-3-22(11-16-20-17(21-25-16)15-6-5-9-26-15)18(23)12-7-8-14(24-4-2)13(19)10-12/h5-10H,3-4,11H2,1-2H3. The number of amides is 1. The Morgan fingerprint density at radius 2 is 2.19 bits per heavy atom. The number of halogens is 1. The van der Waals surface area contributed by atoms with Crippen LogP contribution < -0.4 is 4.74 Å². The molecule has 0 fully saturated rings. The van der Waals surface area contributed by atoms with Crippen molar-refractivity contribution in [2.24, 2.45) is 0 Å². The Bertz CT molecular complexity index is 880. The Morgan fingerprint density at radius 3 is 2.85 bits per heavy atom. The van der Waals surface area contributed by atoms with Gasteiger partial charge in [0.05, 0.1) is 16.5 Å². The van der Waals surface area contributed by atoms with Gasteiger partial charge >= 0.3 is 0 Å². The van der Waals surface area contributed by atoms with Crippen LogP contribution in [0.25, 0.3) is 10.7 Å². The Balaban J connectivity index is 1.74. The minimum Gasteiger partial charge on any atom is -0.492 e. The lowest BCUT2D eigenvalue weighted by atomic mass is 10.2. The van der Waals surface area contributed by atoms with Gasteiger partial charge in [-0.1, -0.05) is 22.8 Å². The molecule has 0 aliphatic heterocycles. The third-order valence-corrected chi connectivity index (χ3v) is 4.84. The summed E-state index contributed by atoms with van der Waals surface area (Å²) in [4.78, 5) is 19.7. The molecule has 0 saturated carbocycles. The molecule has 136 valence electrons. The van der Waals surface area contributed by atoms with E-state index in [9.17, 15) is 4.79 Å². The van der Waals surface area contributed by atoms with Crippen molar-refractivity contribution >= 4 is 28.8 Å². The summed E-state index contributed by atoms with van der Waals surface area (Å²) in [6, 6.07) is 8.86. The second kappa shape index (κ2) is 8.33. The molecule has 1 aromatic carbocycles. The molecule has 0 spiro atoms. The van der Waals surface area contributed by atoms with E-state index in [1.165, 1.54) is 11.3 Å². The van der Waals surface area contributed by atoms with Crippen LogP contribution in [-0.4, -0.2) is 34.1 Å². The highest BCUT2D eigenvalue weighted by Gasteiger charge is 2.19. The minimum absolute atomic E-state index is 0.159. The quantitative estimate of drug-likeness (QED) is 0.592. The fraction of sp³-hybridized carbons (Fsp3) is 0.278. The van der Waals surface area contributed by atoms with E-state index in [0.29, 0.717) is 41.2 Å². The second-order valence-electron chi connectivity index (χ2n) is 5.39. The minimum atomic E-state index is -0.159. The molecule has 2 aromatic heterocycles. The van der Waals surface area contributed by atoms with Crippen LogP contribution in [-0.2, 0) is 6.54 Å². The van der Waals surface area contributed by atoms with E-state index in [0.717, 1.165) is 4.88 Å². The van der Waals surface area contributed by atoms with E-state index >= 15 is 0 Å². The fourth-order valence-electron chi connectivity index (χ4n) is 2.40. The van der Waals surface area contributed by atoms with Crippen molar-refractivity contribution < 1.29 is 14.1 Å². The molecule has 0 unspecified atom stereocenters. The number of nitrogens with zero attached hydrogens (tertiary/aromatic N) is 3. The molecule has 0 atom stereocenters. The molecular formula is C18H18ClN3O3S. The first-order chi connectivity index (χ1) is 12.6. The second-order valence-corrected chi connectivity index (χ2v) is 6.74. The first kappa shape index (κ1) is 18.4. The van der Waals surface area contributed by atoms with E-state index in [1.54, 1.807) is 23.1 Å². The number of carbonyl (C=O) groups excluding carboxylic acids is 1. The van der Waals surface area contributed by atoms with Crippen molar-refractivity contribution in [3.8, 4) is 16.5 Å². The summed E-state index contributed by atoms with van der Waals surface area (Å²) in [6.07, 6.45) is 0. The predicted molar refractivity (Wildman–Crippen MR) is 101 cm³/mol. The summed E-state index contributed by atoms with van der Waals surface area (Å²) < 4.78 is 10.7. The Kier molecular flexibility index (Phi) is 5.90. The average Bonchev–Trinajstić information content (AvgIpc) is 3.32. The number of carbonyl (C=O) groups is 1. The van der Waals surface area contributed by atoms with Crippen LogP contribution in [0.5, 0.6) is 5.75 Å². The van der Waals surface area contributed by atoms with Crippen molar-refractivity contribution in [3.63, 3.8) is 0 Å². The summed E-state index contributed by atoms with van der Waals surface area (Å²) in [5, 5.41) is 6.33. The number of ether oxygens (including phenoxy) is 1. The molecule has 8 heteroatoms. The van der Waals surface area contributed by atoms with E-state index in [2.05, 4.69) is 10.1 Å². The van der Waals surface area contributed by atoms with Crippen molar-refractivity contribution in [2.45, 2.75) is 20.4 Å². The maximum absolute atomic E-state index is 12.8. The zero-order chi connectivity index (χ0) is 18.5. The van der Waals surface area contributed by atoms with Gasteiger partial charge in [0.2, 0.25) is 11.7 Å². The molecule has 1 amide bonds. The third kappa shape index (κ3) is 4.05. The largest absolute Gasteiger partial charge is 0.492 e. The summed E-state index contributed by atoms with van der Waals surface area (Å²) in [5.74, 6) is 1.32. The first-order valence-corrected chi connectivity index (χ1v) is 9.46. The van der Waals surface area contributed by atoms with Crippen LogP contribution in [0.4, 0.5) is 0 Å². The number of aromatic nitrogens is 2. The van der Waals surface area contributed by atoms with Crippen LogP contribution >= 0.6 is 22.9 Å². The SMILES string of the molecule is CCOc1ccc(C(=O)N(CC)Cc2nc(-c3cccs3)no2)cc1Cl. The van der Waals surface area contributed by atoms with Crippen molar-refractivity contribution in [1.82, 2.24) is 15.0 Å². The van der Waals surface area contributed by atoms with Gasteiger partial charge in [-0.2, -0.15) is 4.98 Å². The van der Waals surface area contributed by atoms with Gasteiger partial charge in [0.1, 0.15) is 12.3 Å². The van der Waals surface area contributed by atoms with Crippen molar-refractivity contribution in [2.75, 3.05) is 13.2 Å². The molecule has 3 rings (SSSR count). The van der Waals surface area contributed by atoms with Gasteiger partial charge in [-0.25, -0.2) is 0 Å². The lowest BCUT2D eigenvalue weighted by Crippen LogP contribution is -2.30. The summed E-state index contributed by atoms with van der Waals surface area (Å²) in [5.41, 5.74) is 0.485. The Hall–Kier alpha value is -2.38. The lowest BCUT2D eigenvalue weighted by molar-refractivity contribution is 0.0734. The number of benzene rings is 1. The molecule has 6 nitrogen and oxygen atoms in total. The van der Waals surface area contributed by atoms with Gasteiger partial charge in [-0.15, -0.1) is 11.3 Å². The van der Waals surface area contributed by atoms with Crippen molar-refractivity contribution in [1.29, 1.82) is 0 Å². The smallest absolute Gasteiger partial charge is 0.254 e. The number of thiophene rings is 1. The maximum Gasteiger partial charge on any atom is 0.254 e. The molecule has 2 heterocycles. The van der Waals surface area contributed by atoms with E-state index in [-0.39, 0.29) is 12.5 Å². The topological polar surface area (TPSA) is 68.5 Å². The molecule has 26 heavy (non-hydrogen) atoms. The molecular weight excluding hydrogens is 374 g/mol.